The average molecular weight is 303 g/mol. The number of halogens is 2. The molecule has 3 nitrogen and oxygen atoms in total. The van der Waals surface area contributed by atoms with Gasteiger partial charge in [-0.25, -0.2) is 0 Å². The Labute approximate surface area is 124 Å². The summed E-state index contributed by atoms with van der Waals surface area (Å²) in [6, 6.07) is 5.89. The van der Waals surface area contributed by atoms with Gasteiger partial charge in [-0.1, -0.05) is 30.1 Å². The summed E-state index contributed by atoms with van der Waals surface area (Å²) in [5, 5.41) is 4.69. The number of rotatable bonds is 4. The first kappa shape index (κ1) is 15.1. The molecule has 106 valence electrons. The Morgan fingerprint density at radius 2 is 2.00 bits per heavy atom. The molecule has 0 spiro atoms. The predicted molar refractivity (Wildman–Crippen MR) is 80.1 cm³/mol. The number of benzene rings is 1. The lowest BCUT2D eigenvalue weighted by molar-refractivity contribution is -0.0611. The van der Waals surface area contributed by atoms with Crippen molar-refractivity contribution >= 4 is 23.2 Å². The molecule has 1 saturated heterocycles. The molecule has 5 heteroatoms. The zero-order chi connectivity index (χ0) is 13.8. The van der Waals surface area contributed by atoms with E-state index in [4.69, 9.17) is 27.9 Å². The summed E-state index contributed by atoms with van der Waals surface area (Å²) in [5.41, 5.74) is 1.11. The van der Waals surface area contributed by atoms with Crippen LogP contribution in [0.2, 0.25) is 10.0 Å². The van der Waals surface area contributed by atoms with Crippen LogP contribution in [0.3, 0.4) is 0 Å². The standard InChI is InChI=1S/C14H20Cl2N2O/c1-3-17-9-13-14(18(2)4-5-19-13)10-6-11(15)8-12(16)7-10/h6-8,13-14,17H,3-5,9H2,1-2H3. The Morgan fingerprint density at radius 3 is 2.63 bits per heavy atom. The number of hydrogen-bond acceptors (Lipinski definition) is 3. The topological polar surface area (TPSA) is 24.5 Å². The van der Waals surface area contributed by atoms with E-state index in [1.165, 1.54) is 0 Å². The first-order chi connectivity index (χ1) is 9.11. The highest BCUT2D eigenvalue weighted by Gasteiger charge is 2.31. The van der Waals surface area contributed by atoms with Crippen molar-refractivity contribution in [3.8, 4) is 0 Å². The van der Waals surface area contributed by atoms with E-state index in [2.05, 4.69) is 24.2 Å². The normalized spacial score (nSPS) is 24.6. The van der Waals surface area contributed by atoms with Crippen molar-refractivity contribution in [2.45, 2.75) is 19.1 Å². The molecule has 2 rings (SSSR count). The second kappa shape index (κ2) is 6.91. The Kier molecular flexibility index (Phi) is 5.48. The van der Waals surface area contributed by atoms with Gasteiger partial charge in [0, 0.05) is 23.1 Å². The van der Waals surface area contributed by atoms with Gasteiger partial charge in [-0.05, 0) is 37.4 Å². The van der Waals surface area contributed by atoms with Gasteiger partial charge in [0.2, 0.25) is 0 Å². The SMILES string of the molecule is CCNCC1OCCN(C)C1c1cc(Cl)cc(Cl)c1. The third kappa shape index (κ3) is 3.83. The Balaban J connectivity index is 2.25. The summed E-state index contributed by atoms with van der Waals surface area (Å²) < 4.78 is 5.91. The van der Waals surface area contributed by atoms with E-state index in [1.54, 1.807) is 6.07 Å². The van der Waals surface area contributed by atoms with Crippen molar-refractivity contribution in [3.05, 3.63) is 33.8 Å². The Morgan fingerprint density at radius 1 is 1.32 bits per heavy atom. The molecule has 0 aromatic heterocycles. The van der Waals surface area contributed by atoms with Crippen LogP contribution >= 0.6 is 23.2 Å². The second-order valence-electron chi connectivity index (χ2n) is 4.85. The number of nitrogens with one attached hydrogen (secondary N) is 1. The molecule has 0 bridgehead atoms. The van der Waals surface area contributed by atoms with Gasteiger partial charge in [0.05, 0.1) is 18.8 Å². The van der Waals surface area contributed by atoms with Crippen LogP contribution in [0.25, 0.3) is 0 Å². The fourth-order valence-electron chi connectivity index (χ4n) is 2.53. The largest absolute Gasteiger partial charge is 0.374 e. The maximum absolute atomic E-state index is 6.11. The maximum atomic E-state index is 6.11. The molecule has 1 aliphatic rings. The second-order valence-corrected chi connectivity index (χ2v) is 5.72. The van der Waals surface area contributed by atoms with Crippen LogP contribution in [0.4, 0.5) is 0 Å². The van der Waals surface area contributed by atoms with Crippen molar-refractivity contribution in [3.63, 3.8) is 0 Å². The van der Waals surface area contributed by atoms with E-state index in [0.29, 0.717) is 10.0 Å². The molecule has 1 heterocycles. The summed E-state index contributed by atoms with van der Waals surface area (Å²) in [6.07, 6.45) is 0.119. The highest BCUT2D eigenvalue weighted by molar-refractivity contribution is 6.34. The lowest BCUT2D eigenvalue weighted by atomic mass is 9.98. The molecule has 1 aromatic rings. The van der Waals surface area contributed by atoms with E-state index < -0.39 is 0 Å². The molecule has 0 radical (unpaired) electrons. The molecular formula is C14H20Cl2N2O. The zero-order valence-electron chi connectivity index (χ0n) is 11.3. The minimum atomic E-state index is 0.119. The molecule has 1 aromatic carbocycles. The first-order valence-corrected chi connectivity index (χ1v) is 7.36. The number of likely N-dealkylation sites (N-methyl/N-ethyl adjacent to an activating group) is 2. The quantitative estimate of drug-likeness (QED) is 0.925. The molecule has 0 saturated carbocycles. The van der Waals surface area contributed by atoms with Crippen molar-refractivity contribution in [1.29, 1.82) is 0 Å². The molecule has 0 aliphatic carbocycles. The predicted octanol–water partition coefficient (Wildman–Crippen LogP) is 2.97. The minimum absolute atomic E-state index is 0.119. The number of ether oxygens (including phenoxy) is 1. The minimum Gasteiger partial charge on any atom is -0.374 e. The smallest absolute Gasteiger partial charge is 0.0896 e. The molecule has 1 N–H and O–H groups in total. The van der Waals surface area contributed by atoms with Gasteiger partial charge >= 0.3 is 0 Å². The highest BCUT2D eigenvalue weighted by atomic mass is 35.5. The third-order valence-electron chi connectivity index (χ3n) is 3.42. The van der Waals surface area contributed by atoms with Gasteiger partial charge in [0.15, 0.2) is 0 Å². The highest BCUT2D eigenvalue weighted by Crippen LogP contribution is 2.31. The number of morpholine rings is 1. The van der Waals surface area contributed by atoms with Crippen molar-refractivity contribution in [2.24, 2.45) is 0 Å². The molecule has 19 heavy (non-hydrogen) atoms. The monoisotopic (exact) mass is 302 g/mol. The lowest BCUT2D eigenvalue weighted by Crippen LogP contribution is -2.47. The van der Waals surface area contributed by atoms with Gasteiger partial charge in [0.25, 0.3) is 0 Å². The fourth-order valence-corrected chi connectivity index (χ4v) is 3.08. The van der Waals surface area contributed by atoms with E-state index >= 15 is 0 Å². The van der Waals surface area contributed by atoms with Gasteiger partial charge in [-0.2, -0.15) is 0 Å². The third-order valence-corrected chi connectivity index (χ3v) is 3.86. The van der Waals surface area contributed by atoms with E-state index in [0.717, 1.165) is 31.8 Å². The van der Waals surface area contributed by atoms with Crippen LogP contribution in [-0.2, 0) is 4.74 Å². The van der Waals surface area contributed by atoms with Crippen LogP contribution in [0, 0.1) is 0 Å². The summed E-state index contributed by atoms with van der Waals surface area (Å²) >= 11 is 12.2. The van der Waals surface area contributed by atoms with Gasteiger partial charge in [0.1, 0.15) is 0 Å². The lowest BCUT2D eigenvalue weighted by Gasteiger charge is -2.39. The summed E-state index contributed by atoms with van der Waals surface area (Å²) in [4.78, 5) is 2.30. The van der Waals surface area contributed by atoms with Crippen molar-refractivity contribution in [1.82, 2.24) is 10.2 Å². The van der Waals surface area contributed by atoms with Crippen LogP contribution < -0.4 is 5.32 Å². The van der Waals surface area contributed by atoms with E-state index in [1.807, 2.05) is 12.1 Å². The van der Waals surface area contributed by atoms with Gasteiger partial charge in [-0.15, -0.1) is 0 Å². The van der Waals surface area contributed by atoms with Crippen molar-refractivity contribution in [2.75, 3.05) is 33.3 Å². The van der Waals surface area contributed by atoms with Crippen LogP contribution in [0.15, 0.2) is 18.2 Å². The van der Waals surface area contributed by atoms with Crippen LogP contribution in [-0.4, -0.2) is 44.3 Å². The van der Waals surface area contributed by atoms with E-state index in [-0.39, 0.29) is 12.1 Å². The van der Waals surface area contributed by atoms with Crippen LogP contribution in [0.1, 0.15) is 18.5 Å². The molecular weight excluding hydrogens is 283 g/mol. The molecule has 2 atom stereocenters. The first-order valence-electron chi connectivity index (χ1n) is 6.60. The molecule has 0 amide bonds. The maximum Gasteiger partial charge on any atom is 0.0896 e. The van der Waals surface area contributed by atoms with Gasteiger partial charge in [-0.3, -0.25) is 4.90 Å². The number of hydrogen-bond donors (Lipinski definition) is 1. The van der Waals surface area contributed by atoms with Gasteiger partial charge < -0.3 is 10.1 Å². The summed E-state index contributed by atoms with van der Waals surface area (Å²) in [6.45, 7) is 5.54. The van der Waals surface area contributed by atoms with Crippen molar-refractivity contribution < 1.29 is 4.74 Å². The van der Waals surface area contributed by atoms with Crippen LogP contribution in [0.5, 0.6) is 0 Å². The fraction of sp³-hybridized carbons (Fsp3) is 0.571. The zero-order valence-corrected chi connectivity index (χ0v) is 12.8. The molecule has 1 fully saturated rings. The summed E-state index contributed by atoms with van der Waals surface area (Å²) in [7, 11) is 2.11. The number of nitrogens with zero attached hydrogens (tertiary/aromatic N) is 1. The average Bonchev–Trinajstić information content (AvgIpc) is 2.35. The Hall–Kier alpha value is -0.320. The van der Waals surface area contributed by atoms with E-state index in [9.17, 15) is 0 Å². The molecule has 2 unspecified atom stereocenters. The molecule has 1 aliphatic heterocycles. The Bertz CT molecular complexity index is 408. The summed E-state index contributed by atoms with van der Waals surface area (Å²) in [5.74, 6) is 0.